The largest absolute Gasteiger partial charge is 0.376 e. The van der Waals surface area contributed by atoms with Crippen LogP contribution in [0.3, 0.4) is 0 Å². The predicted octanol–water partition coefficient (Wildman–Crippen LogP) is 2.65. The molecule has 0 saturated carbocycles. The van der Waals surface area contributed by atoms with Crippen molar-refractivity contribution in [2.24, 2.45) is 0 Å². The first-order valence-corrected chi connectivity index (χ1v) is 9.82. The molecule has 1 heterocycles. The van der Waals surface area contributed by atoms with Crippen LogP contribution in [-0.4, -0.2) is 20.9 Å². The average molecular weight is 359 g/mol. The summed E-state index contributed by atoms with van der Waals surface area (Å²) in [5, 5.41) is 0. The van der Waals surface area contributed by atoms with Crippen LogP contribution in [0.25, 0.3) is 0 Å². The molecule has 1 N–H and O–H groups in total. The van der Waals surface area contributed by atoms with Gasteiger partial charge in [-0.25, -0.2) is 8.42 Å². The second-order valence-corrected chi connectivity index (χ2v) is 8.11. The molecule has 1 unspecified atom stereocenters. The van der Waals surface area contributed by atoms with E-state index in [-0.39, 0.29) is 18.1 Å². The van der Waals surface area contributed by atoms with Gasteiger partial charge >= 0.3 is 0 Å². The zero-order valence-corrected chi connectivity index (χ0v) is 14.9. The Morgan fingerprint density at radius 2 is 2.00 bits per heavy atom. The van der Waals surface area contributed by atoms with Crippen molar-refractivity contribution < 1.29 is 17.9 Å². The van der Waals surface area contributed by atoms with Crippen molar-refractivity contribution in [3.05, 3.63) is 70.8 Å². The molecule has 6 heteroatoms. The van der Waals surface area contributed by atoms with Gasteiger partial charge in [-0.2, -0.15) is 0 Å². The zero-order chi connectivity index (χ0) is 17.9. The Hall–Kier alpha value is -2.18. The predicted molar refractivity (Wildman–Crippen MR) is 95.4 cm³/mol. The second kappa shape index (κ2) is 7.37. The Morgan fingerprint density at radius 1 is 1.20 bits per heavy atom. The van der Waals surface area contributed by atoms with E-state index in [0.29, 0.717) is 18.8 Å². The number of amides is 1. The van der Waals surface area contributed by atoms with Crippen molar-refractivity contribution in [2.45, 2.75) is 31.6 Å². The maximum Gasteiger partial charge on any atom is 0.239 e. The highest BCUT2D eigenvalue weighted by molar-refractivity contribution is 7.89. The van der Waals surface area contributed by atoms with Gasteiger partial charge in [-0.15, -0.1) is 0 Å². The molecule has 0 aliphatic carbocycles. The van der Waals surface area contributed by atoms with Crippen molar-refractivity contribution in [2.75, 3.05) is 6.61 Å². The number of rotatable bonds is 5. The standard InChI is InChI=1S/C19H21NO4S/c1-14-5-4-6-15(9-14)13-25(22,23)20-19(21)10-17-12-24-11-16-7-2-3-8-18(16)17/h2-9,17H,10-13H2,1H3,(H,20,21). The van der Waals surface area contributed by atoms with Gasteiger partial charge in [-0.3, -0.25) is 9.52 Å². The first-order valence-electron chi connectivity index (χ1n) is 8.17. The van der Waals surface area contributed by atoms with E-state index >= 15 is 0 Å². The Morgan fingerprint density at radius 3 is 2.80 bits per heavy atom. The van der Waals surface area contributed by atoms with Crippen LogP contribution in [-0.2, 0) is 31.9 Å². The van der Waals surface area contributed by atoms with Gasteiger partial charge in [-0.05, 0) is 23.6 Å². The summed E-state index contributed by atoms with van der Waals surface area (Å²) < 4.78 is 32.2. The van der Waals surface area contributed by atoms with Crippen molar-refractivity contribution in [1.82, 2.24) is 4.72 Å². The molecule has 5 nitrogen and oxygen atoms in total. The van der Waals surface area contributed by atoms with Crippen LogP contribution < -0.4 is 4.72 Å². The van der Waals surface area contributed by atoms with Crippen LogP contribution in [0.5, 0.6) is 0 Å². The first-order chi connectivity index (χ1) is 11.9. The topological polar surface area (TPSA) is 72.5 Å². The molecule has 0 bridgehead atoms. The van der Waals surface area contributed by atoms with Gasteiger partial charge in [0.25, 0.3) is 0 Å². The van der Waals surface area contributed by atoms with Gasteiger partial charge in [0.1, 0.15) is 0 Å². The molecule has 0 radical (unpaired) electrons. The summed E-state index contributed by atoms with van der Waals surface area (Å²) in [6, 6.07) is 15.0. The number of hydrogen-bond donors (Lipinski definition) is 1. The van der Waals surface area contributed by atoms with Gasteiger partial charge < -0.3 is 4.74 Å². The van der Waals surface area contributed by atoms with Crippen molar-refractivity contribution in [1.29, 1.82) is 0 Å². The van der Waals surface area contributed by atoms with E-state index in [9.17, 15) is 13.2 Å². The smallest absolute Gasteiger partial charge is 0.239 e. The molecule has 0 fully saturated rings. The highest BCUT2D eigenvalue weighted by atomic mass is 32.2. The minimum atomic E-state index is -3.72. The summed E-state index contributed by atoms with van der Waals surface area (Å²) >= 11 is 0. The molecule has 2 aromatic rings. The molecule has 0 aromatic heterocycles. The summed E-state index contributed by atoms with van der Waals surface area (Å²) in [5.41, 5.74) is 3.75. The number of carbonyl (C=O) groups excluding carboxylic acids is 1. The Kier molecular flexibility index (Phi) is 5.20. The average Bonchev–Trinajstić information content (AvgIpc) is 2.54. The molecule has 3 rings (SSSR count). The quantitative estimate of drug-likeness (QED) is 0.891. The molecule has 1 aliphatic rings. The molecule has 1 atom stereocenters. The van der Waals surface area contributed by atoms with E-state index in [2.05, 4.69) is 4.72 Å². The van der Waals surface area contributed by atoms with Crippen molar-refractivity contribution >= 4 is 15.9 Å². The van der Waals surface area contributed by atoms with Crippen LogP contribution in [0.4, 0.5) is 0 Å². The van der Waals surface area contributed by atoms with E-state index in [1.54, 1.807) is 18.2 Å². The Labute approximate surface area is 148 Å². The van der Waals surface area contributed by atoms with Crippen LogP contribution in [0, 0.1) is 6.92 Å². The summed E-state index contributed by atoms with van der Waals surface area (Å²) in [6.07, 6.45) is 0.0874. The molecule has 2 aromatic carbocycles. The van der Waals surface area contributed by atoms with Gasteiger partial charge in [0.2, 0.25) is 15.9 Å². The third-order valence-corrected chi connectivity index (χ3v) is 5.46. The minimum Gasteiger partial charge on any atom is -0.376 e. The molecular formula is C19H21NO4S. The zero-order valence-electron chi connectivity index (χ0n) is 14.1. The van der Waals surface area contributed by atoms with Gasteiger partial charge in [0.05, 0.1) is 19.0 Å². The Bertz CT molecular complexity index is 876. The SMILES string of the molecule is Cc1cccc(CS(=O)(=O)NC(=O)CC2COCc3ccccc32)c1. The summed E-state index contributed by atoms with van der Waals surface area (Å²) in [7, 11) is -3.72. The van der Waals surface area contributed by atoms with E-state index in [4.69, 9.17) is 4.74 Å². The van der Waals surface area contributed by atoms with Crippen LogP contribution >= 0.6 is 0 Å². The summed E-state index contributed by atoms with van der Waals surface area (Å²) in [6.45, 7) is 2.84. The van der Waals surface area contributed by atoms with Gasteiger partial charge in [0.15, 0.2) is 0 Å². The molecular weight excluding hydrogens is 338 g/mol. The number of hydrogen-bond acceptors (Lipinski definition) is 4. The lowest BCUT2D eigenvalue weighted by Gasteiger charge is -2.25. The third-order valence-electron chi connectivity index (χ3n) is 4.21. The van der Waals surface area contributed by atoms with E-state index in [1.165, 1.54) is 0 Å². The number of fused-ring (bicyclic) bond motifs is 1. The molecule has 132 valence electrons. The fraction of sp³-hybridized carbons (Fsp3) is 0.316. The lowest BCUT2D eigenvalue weighted by Crippen LogP contribution is -2.33. The Balaban J connectivity index is 1.64. The van der Waals surface area contributed by atoms with Gasteiger partial charge in [-0.1, -0.05) is 54.1 Å². The van der Waals surface area contributed by atoms with Gasteiger partial charge in [0, 0.05) is 12.3 Å². The highest BCUT2D eigenvalue weighted by Crippen LogP contribution is 2.28. The number of benzene rings is 2. The maximum absolute atomic E-state index is 12.2. The van der Waals surface area contributed by atoms with E-state index in [1.807, 2.05) is 37.3 Å². The van der Waals surface area contributed by atoms with Crippen LogP contribution in [0.2, 0.25) is 0 Å². The van der Waals surface area contributed by atoms with Crippen molar-refractivity contribution in [3.8, 4) is 0 Å². The fourth-order valence-corrected chi connectivity index (χ4v) is 4.25. The maximum atomic E-state index is 12.2. The van der Waals surface area contributed by atoms with Crippen LogP contribution in [0.15, 0.2) is 48.5 Å². The molecule has 0 spiro atoms. The molecule has 1 amide bonds. The number of aryl methyl sites for hydroxylation is 1. The number of nitrogens with one attached hydrogen (secondary N) is 1. The normalized spacial score (nSPS) is 16.9. The monoisotopic (exact) mass is 359 g/mol. The molecule has 0 saturated heterocycles. The number of ether oxygens (including phenoxy) is 1. The van der Waals surface area contributed by atoms with E-state index in [0.717, 1.165) is 16.7 Å². The molecule has 25 heavy (non-hydrogen) atoms. The lowest BCUT2D eigenvalue weighted by molar-refractivity contribution is -0.120. The van der Waals surface area contributed by atoms with Crippen molar-refractivity contribution in [3.63, 3.8) is 0 Å². The van der Waals surface area contributed by atoms with E-state index < -0.39 is 15.9 Å². The first kappa shape index (κ1) is 17.6. The second-order valence-electron chi connectivity index (χ2n) is 6.39. The highest BCUT2D eigenvalue weighted by Gasteiger charge is 2.25. The minimum absolute atomic E-state index is 0.0874. The number of carbonyl (C=O) groups is 1. The third kappa shape index (κ3) is 4.67. The fourth-order valence-electron chi connectivity index (χ4n) is 3.13. The summed E-state index contributed by atoms with van der Waals surface area (Å²) in [5.74, 6) is -0.838. The molecule has 1 aliphatic heterocycles. The van der Waals surface area contributed by atoms with Crippen LogP contribution in [0.1, 0.15) is 34.6 Å². The number of sulfonamides is 1. The summed E-state index contributed by atoms with van der Waals surface area (Å²) in [4.78, 5) is 12.2. The lowest BCUT2D eigenvalue weighted by atomic mass is 9.90.